The molecule has 0 radical (unpaired) electrons. The molecule has 3 rings (SSSR count). The molecule has 0 fully saturated rings. The number of ether oxygens (including phenoxy) is 4. The van der Waals surface area contributed by atoms with Crippen LogP contribution in [0.3, 0.4) is 0 Å². The number of thiazole rings is 1. The van der Waals surface area contributed by atoms with Crippen LogP contribution in [0.5, 0.6) is 17.2 Å². The number of carbonyl (C=O) groups excluding carboxylic acids is 2. The van der Waals surface area contributed by atoms with Crippen molar-refractivity contribution in [2.24, 2.45) is 0 Å². The van der Waals surface area contributed by atoms with E-state index in [4.69, 9.17) is 18.9 Å². The quantitative estimate of drug-likeness (QED) is 0.520. The van der Waals surface area contributed by atoms with Crippen molar-refractivity contribution >= 4 is 40.2 Å². The van der Waals surface area contributed by atoms with Crippen molar-refractivity contribution in [3.63, 3.8) is 0 Å². The normalized spacial score (nSPS) is 10.4. The lowest BCUT2D eigenvalue weighted by atomic mass is 10.2. The molecule has 3 aromatic rings. The fourth-order valence-electron chi connectivity index (χ4n) is 2.64. The number of rotatable bonds is 8. The molecule has 0 unspecified atom stereocenters. The molecule has 0 aliphatic carbocycles. The summed E-state index contributed by atoms with van der Waals surface area (Å²) in [7, 11) is 4.45. The van der Waals surface area contributed by atoms with Gasteiger partial charge >= 0.3 is 5.97 Å². The number of nitrogens with one attached hydrogen (secondary N) is 1. The maximum absolute atomic E-state index is 12.4. The number of carbonyl (C=O) groups is 2. The van der Waals surface area contributed by atoms with E-state index in [0.717, 1.165) is 9.88 Å². The lowest BCUT2D eigenvalue weighted by Crippen LogP contribution is -2.21. The van der Waals surface area contributed by atoms with Crippen LogP contribution >= 0.6 is 22.7 Å². The van der Waals surface area contributed by atoms with Crippen LogP contribution in [0, 0.1) is 6.92 Å². The van der Waals surface area contributed by atoms with Crippen LogP contribution in [0.15, 0.2) is 29.6 Å². The number of hydrogen-bond acceptors (Lipinski definition) is 9. The molecule has 0 bridgehead atoms. The van der Waals surface area contributed by atoms with Crippen LogP contribution in [0.1, 0.15) is 15.4 Å². The summed E-state index contributed by atoms with van der Waals surface area (Å²) in [4.78, 5) is 30.4. The van der Waals surface area contributed by atoms with Crippen molar-refractivity contribution in [2.75, 3.05) is 33.3 Å². The highest BCUT2D eigenvalue weighted by molar-refractivity contribution is 7.22. The molecule has 2 heterocycles. The Morgan fingerprint density at radius 1 is 1.10 bits per heavy atom. The lowest BCUT2D eigenvalue weighted by Gasteiger charge is -2.14. The summed E-state index contributed by atoms with van der Waals surface area (Å²) in [5.41, 5.74) is 0.984. The smallest absolute Gasteiger partial charge is 0.350 e. The van der Waals surface area contributed by atoms with Crippen LogP contribution in [0.2, 0.25) is 0 Å². The fourth-order valence-corrected chi connectivity index (χ4v) is 4.40. The number of aryl methyl sites for hydroxylation is 1. The Labute approximate surface area is 181 Å². The van der Waals surface area contributed by atoms with Gasteiger partial charge in [0.1, 0.15) is 9.88 Å². The first-order chi connectivity index (χ1) is 14.5. The fraction of sp³-hybridized carbons (Fsp3) is 0.250. The van der Waals surface area contributed by atoms with E-state index in [1.165, 1.54) is 32.7 Å². The molecule has 1 amide bonds. The van der Waals surface area contributed by atoms with E-state index in [9.17, 15) is 9.59 Å². The number of amides is 1. The third kappa shape index (κ3) is 4.71. The van der Waals surface area contributed by atoms with Crippen LogP contribution in [-0.2, 0) is 9.53 Å². The van der Waals surface area contributed by atoms with E-state index in [-0.39, 0.29) is 0 Å². The SMILES string of the molecule is COc1cc(NC(=O)COC(=O)c2sc(-c3cccs3)nc2C)cc(OC)c1OC. The predicted molar refractivity (Wildman–Crippen MR) is 115 cm³/mol. The molecule has 1 aromatic carbocycles. The van der Waals surface area contributed by atoms with Gasteiger partial charge in [-0.3, -0.25) is 4.79 Å². The van der Waals surface area contributed by atoms with Crippen LogP contribution in [0.4, 0.5) is 5.69 Å². The van der Waals surface area contributed by atoms with Gasteiger partial charge in [-0.2, -0.15) is 0 Å². The monoisotopic (exact) mass is 448 g/mol. The van der Waals surface area contributed by atoms with E-state index < -0.39 is 18.5 Å². The van der Waals surface area contributed by atoms with Crippen molar-refractivity contribution in [3.05, 3.63) is 40.2 Å². The Bertz CT molecular complexity index is 1020. The van der Waals surface area contributed by atoms with Gasteiger partial charge in [-0.25, -0.2) is 9.78 Å². The lowest BCUT2D eigenvalue weighted by molar-refractivity contribution is -0.119. The summed E-state index contributed by atoms with van der Waals surface area (Å²) < 4.78 is 20.9. The van der Waals surface area contributed by atoms with Crippen molar-refractivity contribution in [3.8, 4) is 27.1 Å². The molecule has 0 aliphatic heterocycles. The van der Waals surface area contributed by atoms with Gasteiger partial charge in [-0.15, -0.1) is 22.7 Å². The van der Waals surface area contributed by atoms with Gasteiger partial charge in [-0.05, 0) is 18.4 Å². The molecule has 30 heavy (non-hydrogen) atoms. The first-order valence-electron chi connectivity index (χ1n) is 8.75. The number of aromatic nitrogens is 1. The molecule has 0 aliphatic rings. The van der Waals surface area contributed by atoms with Crippen molar-refractivity contribution < 1.29 is 28.5 Å². The highest BCUT2D eigenvalue weighted by Crippen LogP contribution is 2.40. The molecule has 158 valence electrons. The van der Waals surface area contributed by atoms with Gasteiger partial charge in [0.25, 0.3) is 5.91 Å². The van der Waals surface area contributed by atoms with Gasteiger partial charge in [0.2, 0.25) is 5.75 Å². The minimum Gasteiger partial charge on any atom is -0.493 e. The molecule has 0 spiro atoms. The zero-order valence-corrected chi connectivity index (χ0v) is 18.4. The molecule has 1 N–H and O–H groups in total. The van der Waals surface area contributed by atoms with Gasteiger partial charge in [0, 0.05) is 17.8 Å². The third-order valence-electron chi connectivity index (χ3n) is 4.00. The second-order valence-electron chi connectivity index (χ2n) is 5.95. The van der Waals surface area contributed by atoms with E-state index in [2.05, 4.69) is 10.3 Å². The second-order valence-corrected chi connectivity index (χ2v) is 7.90. The van der Waals surface area contributed by atoms with Gasteiger partial charge < -0.3 is 24.3 Å². The van der Waals surface area contributed by atoms with Crippen molar-refractivity contribution in [2.45, 2.75) is 6.92 Å². The van der Waals surface area contributed by atoms with Gasteiger partial charge in [-0.1, -0.05) is 6.07 Å². The highest BCUT2D eigenvalue weighted by Gasteiger charge is 2.20. The highest BCUT2D eigenvalue weighted by atomic mass is 32.1. The van der Waals surface area contributed by atoms with E-state index in [0.29, 0.717) is 33.5 Å². The Morgan fingerprint density at radius 2 is 1.80 bits per heavy atom. The first kappa shape index (κ1) is 21.6. The summed E-state index contributed by atoms with van der Waals surface area (Å²) in [6.45, 7) is 1.29. The maximum atomic E-state index is 12.4. The Morgan fingerprint density at radius 3 is 2.37 bits per heavy atom. The number of anilines is 1. The number of benzene rings is 1. The molecule has 2 aromatic heterocycles. The van der Waals surface area contributed by atoms with Gasteiger partial charge in [0.15, 0.2) is 18.1 Å². The minimum atomic E-state index is -0.590. The average molecular weight is 449 g/mol. The van der Waals surface area contributed by atoms with Crippen LogP contribution < -0.4 is 19.5 Å². The zero-order valence-electron chi connectivity index (χ0n) is 16.8. The minimum absolute atomic E-state index is 0.374. The number of methoxy groups -OCH3 is 3. The first-order valence-corrected chi connectivity index (χ1v) is 10.4. The zero-order chi connectivity index (χ0) is 21.7. The number of nitrogens with zero attached hydrogens (tertiary/aromatic N) is 1. The number of esters is 1. The largest absolute Gasteiger partial charge is 0.493 e. The second kappa shape index (κ2) is 9.59. The van der Waals surface area contributed by atoms with Gasteiger partial charge in [0.05, 0.1) is 31.9 Å². The van der Waals surface area contributed by atoms with Crippen LogP contribution in [-0.4, -0.2) is 44.8 Å². The molecule has 8 nitrogen and oxygen atoms in total. The predicted octanol–water partition coefficient (Wildman–Crippen LogP) is 4.00. The summed E-state index contributed by atoms with van der Waals surface area (Å²) in [6.07, 6.45) is 0. The molecule has 0 saturated heterocycles. The van der Waals surface area contributed by atoms with E-state index >= 15 is 0 Å². The number of hydrogen-bond donors (Lipinski definition) is 1. The molecular weight excluding hydrogens is 428 g/mol. The Kier molecular flexibility index (Phi) is 6.91. The maximum Gasteiger partial charge on any atom is 0.350 e. The summed E-state index contributed by atoms with van der Waals surface area (Å²) in [5.74, 6) is 0.105. The summed E-state index contributed by atoms with van der Waals surface area (Å²) >= 11 is 2.78. The molecule has 0 saturated carbocycles. The Hall–Kier alpha value is -3.11. The van der Waals surface area contributed by atoms with Crippen molar-refractivity contribution in [1.29, 1.82) is 0 Å². The molecule has 10 heteroatoms. The summed E-state index contributed by atoms with van der Waals surface area (Å²) in [6, 6.07) is 7.02. The number of thiophene rings is 1. The molecular formula is C20H20N2O6S2. The van der Waals surface area contributed by atoms with E-state index in [1.807, 2.05) is 17.5 Å². The average Bonchev–Trinajstić information content (AvgIpc) is 3.41. The van der Waals surface area contributed by atoms with Crippen molar-refractivity contribution in [1.82, 2.24) is 4.98 Å². The Balaban J connectivity index is 1.64. The standard InChI is InChI=1S/C20H20N2O6S2/c1-11-18(30-19(21-11)15-6-5-7-29-15)20(24)28-10-16(23)22-12-8-13(25-2)17(27-4)14(9-12)26-3/h5-9H,10H2,1-4H3,(H,22,23). The molecule has 0 atom stereocenters. The van der Waals surface area contributed by atoms with E-state index in [1.54, 1.807) is 30.4 Å². The third-order valence-corrected chi connectivity index (χ3v) is 6.17. The topological polar surface area (TPSA) is 96.0 Å². The summed E-state index contributed by atoms with van der Waals surface area (Å²) in [5, 5.41) is 5.34. The van der Waals surface area contributed by atoms with Crippen LogP contribution in [0.25, 0.3) is 9.88 Å².